The van der Waals surface area contributed by atoms with Crippen LogP contribution in [0.15, 0.2) is 54.6 Å². The van der Waals surface area contributed by atoms with Gasteiger partial charge in [0.05, 0.1) is 13.2 Å². The molecule has 1 atom stereocenters. The first kappa shape index (κ1) is 17.0. The van der Waals surface area contributed by atoms with Gasteiger partial charge < -0.3 is 20.7 Å². The van der Waals surface area contributed by atoms with Crippen molar-refractivity contribution in [1.82, 2.24) is 16.0 Å². The van der Waals surface area contributed by atoms with Crippen molar-refractivity contribution >= 4 is 11.9 Å². The smallest absolute Gasteiger partial charge is 0.315 e. The molecule has 3 rings (SSSR count). The first-order valence-electron chi connectivity index (χ1n) is 8.22. The summed E-state index contributed by atoms with van der Waals surface area (Å²) in [6.07, 6.45) is 0. The van der Waals surface area contributed by atoms with E-state index >= 15 is 0 Å². The molecule has 0 bridgehead atoms. The number of ether oxygens (including phenoxy) is 1. The number of nitrogens with one attached hydrogen (secondary N) is 3. The van der Waals surface area contributed by atoms with Crippen LogP contribution in [0.25, 0.3) is 0 Å². The SMILES string of the molecule is O=C1NCC(C(=O)NCc2cccc(COCc3ccccc3)c2)N1. The highest BCUT2D eigenvalue weighted by molar-refractivity contribution is 5.90. The number of amides is 3. The topological polar surface area (TPSA) is 79.5 Å². The van der Waals surface area contributed by atoms with Crippen LogP contribution < -0.4 is 16.0 Å². The Bertz CT molecular complexity index is 734. The molecule has 1 heterocycles. The Hall–Kier alpha value is -2.86. The van der Waals surface area contributed by atoms with Gasteiger partial charge in [0.15, 0.2) is 0 Å². The van der Waals surface area contributed by atoms with Crippen LogP contribution >= 0.6 is 0 Å². The van der Waals surface area contributed by atoms with Crippen LogP contribution in [0.5, 0.6) is 0 Å². The lowest BCUT2D eigenvalue weighted by Gasteiger charge is -2.11. The second kappa shape index (κ2) is 8.30. The number of urea groups is 1. The Morgan fingerprint density at radius 2 is 1.76 bits per heavy atom. The zero-order valence-electron chi connectivity index (χ0n) is 13.8. The Balaban J connectivity index is 1.46. The number of hydrogen-bond donors (Lipinski definition) is 3. The summed E-state index contributed by atoms with van der Waals surface area (Å²) in [5, 5.41) is 7.97. The van der Waals surface area contributed by atoms with Crippen LogP contribution in [0, 0.1) is 0 Å². The Morgan fingerprint density at radius 3 is 2.52 bits per heavy atom. The van der Waals surface area contributed by atoms with E-state index in [4.69, 9.17) is 4.74 Å². The molecule has 0 aliphatic carbocycles. The maximum absolute atomic E-state index is 12.0. The third-order valence-electron chi connectivity index (χ3n) is 3.93. The van der Waals surface area contributed by atoms with Crippen molar-refractivity contribution in [1.29, 1.82) is 0 Å². The molecular weight excluding hydrogens is 318 g/mol. The average Bonchev–Trinajstić information content (AvgIpc) is 3.07. The number of carbonyl (C=O) groups is 2. The van der Waals surface area contributed by atoms with Crippen molar-refractivity contribution in [3.8, 4) is 0 Å². The van der Waals surface area contributed by atoms with Crippen LogP contribution in [0.1, 0.15) is 16.7 Å². The first-order chi connectivity index (χ1) is 12.2. The van der Waals surface area contributed by atoms with E-state index in [1.54, 1.807) is 0 Å². The van der Waals surface area contributed by atoms with Crippen molar-refractivity contribution < 1.29 is 14.3 Å². The lowest BCUT2D eigenvalue weighted by Crippen LogP contribution is -2.42. The van der Waals surface area contributed by atoms with Crippen LogP contribution in [-0.4, -0.2) is 24.5 Å². The van der Waals surface area contributed by atoms with Gasteiger partial charge in [-0.1, -0.05) is 54.6 Å². The van der Waals surface area contributed by atoms with Gasteiger partial charge in [-0.15, -0.1) is 0 Å². The summed E-state index contributed by atoms with van der Waals surface area (Å²) in [6, 6.07) is 17.1. The van der Waals surface area contributed by atoms with E-state index < -0.39 is 6.04 Å². The predicted octanol–water partition coefficient (Wildman–Crippen LogP) is 1.70. The maximum atomic E-state index is 12.0. The highest BCUT2D eigenvalue weighted by Gasteiger charge is 2.26. The van der Waals surface area contributed by atoms with E-state index in [0.717, 1.165) is 16.7 Å². The minimum atomic E-state index is -0.509. The zero-order chi connectivity index (χ0) is 17.5. The van der Waals surface area contributed by atoms with E-state index in [1.807, 2.05) is 54.6 Å². The fourth-order valence-electron chi connectivity index (χ4n) is 2.62. The number of carbonyl (C=O) groups excluding carboxylic acids is 2. The van der Waals surface area contributed by atoms with E-state index in [0.29, 0.717) is 26.3 Å². The van der Waals surface area contributed by atoms with Crippen LogP contribution in [-0.2, 0) is 29.3 Å². The van der Waals surface area contributed by atoms with Gasteiger partial charge in [0.1, 0.15) is 6.04 Å². The standard InChI is InChI=1S/C19H21N3O3/c23-18(17-11-21-19(24)22-17)20-10-15-7-4-8-16(9-15)13-25-12-14-5-2-1-3-6-14/h1-9,17H,10-13H2,(H,20,23)(H2,21,22,24). The number of hydrogen-bond acceptors (Lipinski definition) is 3. The highest BCUT2D eigenvalue weighted by Crippen LogP contribution is 2.09. The van der Waals surface area contributed by atoms with Crippen molar-refractivity contribution in [2.45, 2.75) is 25.8 Å². The first-order valence-corrected chi connectivity index (χ1v) is 8.22. The lowest BCUT2D eigenvalue weighted by molar-refractivity contribution is -0.122. The van der Waals surface area contributed by atoms with Crippen molar-refractivity contribution in [3.63, 3.8) is 0 Å². The fourth-order valence-corrected chi connectivity index (χ4v) is 2.62. The third-order valence-corrected chi connectivity index (χ3v) is 3.93. The summed E-state index contributed by atoms with van der Waals surface area (Å²) in [5.41, 5.74) is 3.18. The van der Waals surface area contributed by atoms with Gasteiger partial charge in [0.25, 0.3) is 0 Å². The molecule has 6 nitrogen and oxygen atoms in total. The minimum Gasteiger partial charge on any atom is -0.372 e. The Kier molecular flexibility index (Phi) is 5.64. The molecule has 0 saturated carbocycles. The summed E-state index contributed by atoms with van der Waals surface area (Å²) >= 11 is 0. The van der Waals surface area contributed by atoms with Gasteiger partial charge in [0.2, 0.25) is 5.91 Å². The fraction of sp³-hybridized carbons (Fsp3) is 0.263. The minimum absolute atomic E-state index is 0.191. The molecule has 130 valence electrons. The molecule has 1 fully saturated rings. The zero-order valence-corrected chi connectivity index (χ0v) is 13.8. The predicted molar refractivity (Wildman–Crippen MR) is 93.5 cm³/mol. The van der Waals surface area contributed by atoms with E-state index in [9.17, 15) is 9.59 Å². The van der Waals surface area contributed by atoms with Crippen molar-refractivity contribution in [3.05, 3.63) is 71.3 Å². The maximum Gasteiger partial charge on any atom is 0.315 e. The summed E-state index contributed by atoms with van der Waals surface area (Å²) in [4.78, 5) is 23.1. The summed E-state index contributed by atoms with van der Waals surface area (Å²) in [7, 11) is 0. The molecule has 1 unspecified atom stereocenters. The third kappa shape index (κ3) is 5.06. The number of rotatable bonds is 7. The molecule has 25 heavy (non-hydrogen) atoms. The van der Waals surface area contributed by atoms with Crippen LogP contribution in [0.2, 0.25) is 0 Å². The molecule has 6 heteroatoms. The van der Waals surface area contributed by atoms with Gasteiger partial charge in [-0.05, 0) is 16.7 Å². The van der Waals surface area contributed by atoms with Gasteiger partial charge in [-0.3, -0.25) is 4.79 Å². The highest BCUT2D eigenvalue weighted by atomic mass is 16.5. The molecular formula is C19H21N3O3. The molecule has 3 N–H and O–H groups in total. The molecule has 1 aliphatic rings. The van der Waals surface area contributed by atoms with Gasteiger partial charge in [-0.2, -0.15) is 0 Å². The quantitative estimate of drug-likeness (QED) is 0.718. The monoisotopic (exact) mass is 339 g/mol. The van der Waals surface area contributed by atoms with Gasteiger partial charge >= 0.3 is 6.03 Å². The molecule has 2 aromatic rings. The normalized spacial score (nSPS) is 16.2. The molecule has 3 amide bonds. The van der Waals surface area contributed by atoms with Gasteiger partial charge in [0, 0.05) is 13.1 Å². The van der Waals surface area contributed by atoms with Crippen LogP contribution in [0.4, 0.5) is 4.79 Å². The molecule has 0 aromatic heterocycles. The molecule has 1 saturated heterocycles. The summed E-state index contributed by atoms with van der Waals surface area (Å²) in [5.74, 6) is -0.191. The lowest BCUT2D eigenvalue weighted by atomic mass is 10.1. The summed E-state index contributed by atoms with van der Waals surface area (Å²) in [6.45, 7) is 1.81. The second-order valence-corrected chi connectivity index (χ2v) is 5.92. The van der Waals surface area contributed by atoms with E-state index in [1.165, 1.54) is 0 Å². The van der Waals surface area contributed by atoms with Crippen molar-refractivity contribution in [2.24, 2.45) is 0 Å². The molecule has 1 aliphatic heterocycles. The molecule has 2 aromatic carbocycles. The van der Waals surface area contributed by atoms with E-state index in [-0.39, 0.29) is 11.9 Å². The van der Waals surface area contributed by atoms with Crippen molar-refractivity contribution in [2.75, 3.05) is 6.54 Å². The summed E-state index contributed by atoms with van der Waals surface area (Å²) < 4.78 is 5.74. The average molecular weight is 339 g/mol. The van der Waals surface area contributed by atoms with Gasteiger partial charge in [-0.25, -0.2) is 4.79 Å². The largest absolute Gasteiger partial charge is 0.372 e. The number of benzene rings is 2. The Labute approximate surface area is 146 Å². The molecule has 0 radical (unpaired) electrons. The van der Waals surface area contributed by atoms with E-state index in [2.05, 4.69) is 16.0 Å². The second-order valence-electron chi connectivity index (χ2n) is 5.92. The molecule has 0 spiro atoms. The Morgan fingerprint density at radius 1 is 1.04 bits per heavy atom. The van der Waals surface area contributed by atoms with Crippen LogP contribution in [0.3, 0.4) is 0 Å².